The number of nitrogens with two attached hydrogens (primary N) is 1. The number of carbonyl (C=O) groups is 1. The van der Waals surface area contributed by atoms with Gasteiger partial charge < -0.3 is 15.8 Å². The molecule has 0 heterocycles. The molecule has 1 atom stereocenters. The van der Waals surface area contributed by atoms with Crippen molar-refractivity contribution in [3.63, 3.8) is 0 Å². The van der Waals surface area contributed by atoms with E-state index in [4.69, 9.17) is 22.1 Å². The molecule has 0 amide bonds. The predicted octanol–water partition coefficient (Wildman–Crippen LogP) is 4.26. The summed E-state index contributed by atoms with van der Waals surface area (Å²) in [6.45, 7) is 4.12. The van der Waals surface area contributed by atoms with Gasteiger partial charge in [0.25, 0.3) is 0 Å². The van der Waals surface area contributed by atoms with Gasteiger partial charge in [-0.3, -0.25) is 0 Å². The minimum Gasteiger partial charge on any atom is -0.462 e. The molecule has 3 N–H and O–H groups in total. The first kappa shape index (κ1) is 18.8. The maximum Gasteiger partial charge on any atom is 0.338 e. The van der Waals surface area contributed by atoms with E-state index in [9.17, 15) is 4.79 Å². The number of aliphatic imine (C=N–C) groups is 1. The number of alkyl halides is 1. The number of rotatable bonds is 7. The molecule has 6 heteroatoms. The summed E-state index contributed by atoms with van der Waals surface area (Å²) in [5.41, 5.74) is 8.64. The van der Waals surface area contributed by atoms with Crippen LogP contribution < -0.4 is 11.1 Å². The number of esters is 1. The molecule has 0 aromatic heterocycles. The number of nitrogens with one attached hydrogen (secondary N) is 1. The molecule has 0 fully saturated rings. The number of benzene rings is 2. The van der Waals surface area contributed by atoms with Crippen molar-refractivity contribution < 1.29 is 9.53 Å². The lowest BCUT2D eigenvalue weighted by Crippen LogP contribution is -2.13. The number of amidine groups is 1. The molecule has 0 bridgehead atoms. The zero-order chi connectivity index (χ0) is 18.2. The molecule has 2 rings (SSSR count). The maximum atomic E-state index is 12.0. The molecule has 0 saturated carbocycles. The molecule has 132 valence electrons. The highest BCUT2D eigenvalue weighted by atomic mass is 35.5. The van der Waals surface area contributed by atoms with Crippen LogP contribution in [0.2, 0.25) is 0 Å². The van der Waals surface area contributed by atoms with Gasteiger partial charge in [-0.15, -0.1) is 11.6 Å². The Labute approximate surface area is 152 Å². The number of nitrogens with zero attached hydrogens (tertiary/aromatic N) is 1. The average molecular weight is 360 g/mol. The van der Waals surface area contributed by atoms with Gasteiger partial charge in [0.1, 0.15) is 5.84 Å². The third-order valence-corrected chi connectivity index (χ3v) is 3.86. The lowest BCUT2D eigenvalue weighted by molar-refractivity contribution is 0.0526. The van der Waals surface area contributed by atoms with Gasteiger partial charge in [0, 0.05) is 6.04 Å². The second-order valence-electron chi connectivity index (χ2n) is 5.47. The van der Waals surface area contributed by atoms with E-state index in [0.717, 1.165) is 11.3 Å². The van der Waals surface area contributed by atoms with E-state index >= 15 is 0 Å². The molecule has 0 aliphatic heterocycles. The summed E-state index contributed by atoms with van der Waals surface area (Å²) in [7, 11) is 0. The largest absolute Gasteiger partial charge is 0.462 e. The summed E-state index contributed by atoms with van der Waals surface area (Å²) >= 11 is 5.74. The lowest BCUT2D eigenvalue weighted by atomic mass is 10.1. The van der Waals surface area contributed by atoms with E-state index in [1.165, 1.54) is 0 Å². The lowest BCUT2D eigenvalue weighted by Gasteiger charge is -2.18. The van der Waals surface area contributed by atoms with E-state index in [-0.39, 0.29) is 17.8 Å². The molecule has 2 aromatic carbocycles. The van der Waals surface area contributed by atoms with Gasteiger partial charge in [0.05, 0.1) is 29.4 Å². The summed E-state index contributed by atoms with van der Waals surface area (Å²) in [6.07, 6.45) is 0. The van der Waals surface area contributed by atoms with Crippen LogP contribution in [0.3, 0.4) is 0 Å². The number of carbonyl (C=O) groups excluding carboxylic acids is 1. The maximum absolute atomic E-state index is 12.0. The highest BCUT2D eigenvalue weighted by Crippen LogP contribution is 2.30. The van der Waals surface area contributed by atoms with Crippen LogP contribution in [-0.2, 0) is 4.74 Å². The minimum absolute atomic E-state index is 0.0563. The predicted molar refractivity (Wildman–Crippen MR) is 103 cm³/mol. The first-order valence-corrected chi connectivity index (χ1v) is 8.60. The second-order valence-corrected chi connectivity index (χ2v) is 5.73. The van der Waals surface area contributed by atoms with E-state index < -0.39 is 5.97 Å². The van der Waals surface area contributed by atoms with E-state index in [1.807, 2.05) is 37.3 Å². The Kier molecular flexibility index (Phi) is 6.83. The van der Waals surface area contributed by atoms with Crippen molar-refractivity contribution >= 4 is 34.8 Å². The van der Waals surface area contributed by atoms with Gasteiger partial charge in [-0.2, -0.15) is 0 Å². The molecule has 0 radical (unpaired) electrons. The fraction of sp³-hybridized carbons (Fsp3) is 0.263. The quantitative estimate of drug-likeness (QED) is 0.335. The standard InChI is InChI=1S/C19H22ClN3O2/c1-3-25-19(24)15-9-10-16(17(11-15)23-18(21)12-20)22-13(2)14-7-5-4-6-8-14/h4-11,13,22H,3,12H2,1-2H3,(H2,21,23). The summed E-state index contributed by atoms with van der Waals surface area (Å²) in [5, 5.41) is 3.40. The second kappa shape index (κ2) is 9.08. The number of hydrogen-bond donors (Lipinski definition) is 2. The molecule has 1 unspecified atom stereocenters. The van der Waals surface area contributed by atoms with Gasteiger partial charge >= 0.3 is 5.97 Å². The number of anilines is 1. The van der Waals surface area contributed by atoms with Crippen LogP contribution in [0.4, 0.5) is 11.4 Å². The van der Waals surface area contributed by atoms with Crippen LogP contribution >= 0.6 is 11.6 Å². The Bertz CT molecular complexity index is 748. The van der Waals surface area contributed by atoms with Gasteiger partial charge in [0.2, 0.25) is 0 Å². The molecule has 0 aliphatic rings. The molecule has 0 saturated heterocycles. The molecule has 2 aromatic rings. The molecule has 25 heavy (non-hydrogen) atoms. The molecule has 0 spiro atoms. The van der Waals surface area contributed by atoms with Crippen LogP contribution in [0, 0.1) is 0 Å². The highest BCUT2D eigenvalue weighted by Gasteiger charge is 2.13. The van der Waals surface area contributed by atoms with Crippen LogP contribution in [0.5, 0.6) is 0 Å². The van der Waals surface area contributed by atoms with Crippen LogP contribution in [-0.4, -0.2) is 24.3 Å². The van der Waals surface area contributed by atoms with Crippen molar-refractivity contribution in [1.29, 1.82) is 0 Å². The van der Waals surface area contributed by atoms with Gasteiger partial charge in [-0.25, -0.2) is 9.79 Å². The summed E-state index contributed by atoms with van der Waals surface area (Å²) in [5.74, 6) is -0.0127. The number of ether oxygens (including phenoxy) is 1. The monoisotopic (exact) mass is 359 g/mol. The first-order chi connectivity index (χ1) is 12.0. The zero-order valence-corrected chi connectivity index (χ0v) is 15.1. The topological polar surface area (TPSA) is 76.7 Å². The van der Waals surface area contributed by atoms with Gasteiger partial charge in [-0.1, -0.05) is 30.3 Å². The Morgan fingerprint density at radius 3 is 2.64 bits per heavy atom. The SMILES string of the molecule is CCOC(=O)c1ccc(NC(C)c2ccccc2)c(N=C(N)CCl)c1. The Morgan fingerprint density at radius 1 is 1.28 bits per heavy atom. The number of hydrogen-bond acceptors (Lipinski definition) is 4. The Hall–Kier alpha value is -2.53. The van der Waals surface area contributed by atoms with Crippen LogP contribution in [0.1, 0.15) is 35.8 Å². The van der Waals surface area contributed by atoms with Crippen molar-refractivity contribution in [2.75, 3.05) is 17.8 Å². The van der Waals surface area contributed by atoms with Crippen LogP contribution in [0.25, 0.3) is 0 Å². The fourth-order valence-corrected chi connectivity index (χ4v) is 2.39. The summed E-state index contributed by atoms with van der Waals surface area (Å²) < 4.78 is 5.04. The van der Waals surface area contributed by atoms with Crippen LogP contribution in [0.15, 0.2) is 53.5 Å². The zero-order valence-electron chi connectivity index (χ0n) is 14.3. The molecule has 5 nitrogen and oxygen atoms in total. The molecule has 0 aliphatic carbocycles. The normalized spacial score (nSPS) is 12.5. The summed E-state index contributed by atoms with van der Waals surface area (Å²) in [4.78, 5) is 16.3. The highest BCUT2D eigenvalue weighted by molar-refractivity contribution is 6.28. The van der Waals surface area contributed by atoms with E-state index in [1.54, 1.807) is 25.1 Å². The molecular formula is C19H22ClN3O2. The van der Waals surface area contributed by atoms with Crippen molar-refractivity contribution in [1.82, 2.24) is 0 Å². The van der Waals surface area contributed by atoms with E-state index in [2.05, 4.69) is 10.3 Å². The van der Waals surface area contributed by atoms with Gasteiger partial charge in [0.15, 0.2) is 0 Å². The fourth-order valence-electron chi connectivity index (χ4n) is 2.33. The first-order valence-electron chi connectivity index (χ1n) is 8.06. The van der Waals surface area contributed by atoms with Crippen molar-refractivity contribution in [2.24, 2.45) is 10.7 Å². The Morgan fingerprint density at radius 2 is 2.00 bits per heavy atom. The smallest absolute Gasteiger partial charge is 0.338 e. The van der Waals surface area contributed by atoms with Gasteiger partial charge in [-0.05, 0) is 37.6 Å². The van der Waals surface area contributed by atoms with Crippen molar-refractivity contribution in [3.05, 3.63) is 59.7 Å². The summed E-state index contributed by atoms with van der Waals surface area (Å²) in [6, 6.07) is 15.2. The Balaban J connectivity index is 2.34. The third-order valence-electron chi connectivity index (χ3n) is 3.58. The average Bonchev–Trinajstić information content (AvgIpc) is 2.63. The minimum atomic E-state index is -0.397. The third kappa shape index (κ3) is 5.22. The molecular weight excluding hydrogens is 338 g/mol. The van der Waals surface area contributed by atoms with Crippen molar-refractivity contribution in [3.8, 4) is 0 Å². The number of halogens is 1. The van der Waals surface area contributed by atoms with E-state index in [0.29, 0.717) is 17.9 Å². The van der Waals surface area contributed by atoms with Crippen molar-refractivity contribution in [2.45, 2.75) is 19.9 Å².